The van der Waals surface area contributed by atoms with Crippen LogP contribution in [0.1, 0.15) is 6.92 Å². The van der Waals surface area contributed by atoms with Crippen molar-refractivity contribution in [3.05, 3.63) is 70.8 Å². The zero-order chi connectivity index (χ0) is 19.6. The Labute approximate surface area is 157 Å². The summed E-state index contributed by atoms with van der Waals surface area (Å²) in [5, 5.41) is 12.8. The number of nitro groups is 1. The molecule has 0 aromatic heterocycles. The third-order valence-electron chi connectivity index (χ3n) is 4.24. The van der Waals surface area contributed by atoms with Crippen molar-refractivity contribution in [2.75, 3.05) is 18.0 Å². The molecule has 3 aromatic rings. The van der Waals surface area contributed by atoms with Crippen LogP contribution < -0.4 is 9.04 Å². The second kappa shape index (κ2) is 7.24. The van der Waals surface area contributed by atoms with Crippen molar-refractivity contribution in [2.24, 2.45) is 0 Å². The first-order valence-electron chi connectivity index (χ1n) is 8.22. The monoisotopic (exact) mass is 386 g/mol. The Balaban J connectivity index is 2.15. The Morgan fingerprint density at radius 2 is 1.74 bits per heavy atom. The predicted molar refractivity (Wildman–Crippen MR) is 104 cm³/mol. The van der Waals surface area contributed by atoms with Gasteiger partial charge in [-0.25, -0.2) is 8.42 Å². The molecule has 0 spiro atoms. The average Bonchev–Trinajstić information content (AvgIpc) is 2.67. The van der Waals surface area contributed by atoms with Gasteiger partial charge in [-0.3, -0.25) is 14.4 Å². The van der Waals surface area contributed by atoms with Gasteiger partial charge in [0.2, 0.25) is 0 Å². The third-order valence-corrected chi connectivity index (χ3v) is 6.12. The highest BCUT2D eigenvalue weighted by Crippen LogP contribution is 2.35. The lowest BCUT2D eigenvalue weighted by Gasteiger charge is -2.24. The number of nitrogens with zero attached hydrogens (tertiary/aromatic N) is 2. The summed E-state index contributed by atoms with van der Waals surface area (Å²) in [5.41, 5.74) is -0.0830. The van der Waals surface area contributed by atoms with Crippen LogP contribution in [0, 0.1) is 10.1 Å². The van der Waals surface area contributed by atoms with Crippen LogP contribution in [-0.4, -0.2) is 27.0 Å². The van der Waals surface area contributed by atoms with Gasteiger partial charge in [-0.15, -0.1) is 0 Å². The fourth-order valence-electron chi connectivity index (χ4n) is 2.91. The second-order valence-corrected chi connectivity index (χ2v) is 7.65. The zero-order valence-corrected chi connectivity index (χ0v) is 15.6. The molecular weight excluding hydrogens is 368 g/mol. The number of ether oxygens (including phenoxy) is 1. The predicted octanol–water partition coefficient (Wildman–Crippen LogP) is 3.97. The topological polar surface area (TPSA) is 89.8 Å². The molecule has 7 nitrogen and oxygen atoms in total. The number of sulfonamides is 1. The van der Waals surface area contributed by atoms with E-state index in [-0.39, 0.29) is 28.6 Å². The molecule has 0 heterocycles. The summed E-state index contributed by atoms with van der Waals surface area (Å²) < 4.78 is 32.9. The standard InChI is InChI=1S/C19H18N2O5S/c1-3-20(18-13-16(21(22)23)9-11-19(18)26-2)27(24,25)17-10-8-14-6-4-5-7-15(14)12-17/h4-13H,3H2,1-2H3. The number of rotatable bonds is 6. The minimum Gasteiger partial charge on any atom is -0.495 e. The van der Waals surface area contributed by atoms with Crippen molar-refractivity contribution in [3.8, 4) is 5.75 Å². The van der Waals surface area contributed by atoms with Crippen LogP contribution in [0.3, 0.4) is 0 Å². The Bertz CT molecular complexity index is 1110. The normalized spacial score (nSPS) is 11.3. The van der Waals surface area contributed by atoms with Gasteiger partial charge in [0.25, 0.3) is 15.7 Å². The summed E-state index contributed by atoms with van der Waals surface area (Å²) in [6.45, 7) is 1.75. The summed E-state index contributed by atoms with van der Waals surface area (Å²) in [6.07, 6.45) is 0. The molecule has 27 heavy (non-hydrogen) atoms. The molecule has 0 aliphatic carbocycles. The van der Waals surface area contributed by atoms with Gasteiger partial charge < -0.3 is 4.74 Å². The molecule has 3 aromatic carbocycles. The van der Waals surface area contributed by atoms with E-state index in [0.717, 1.165) is 15.1 Å². The summed E-state index contributed by atoms with van der Waals surface area (Å²) in [7, 11) is -2.55. The maximum atomic E-state index is 13.3. The second-order valence-electron chi connectivity index (χ2n) is 5.79. The van der Waals surface area contributed by atoms with E-state index in [0.29, 0.717) is 0 Å². The largest absolute Gasteiger partial charge is 0.495 e. The molecule has 0 atom stereocenters. The number of methoxy groups -OCH3 is 1. The van der Waals surface area contributed by atoms with Crippen LogP contribution >= 0.6 is 0 Å². The fourth-order valence-corrected chi connectivity index (χ4v) is 4.42. The van der Waals surface area contributed by atoms with Crippen molar-refractivity contribution in [1.29, 1.82) is 0 Å². The molecule has 0 unspecified atom stereocenters. The fraction of sp³-hybridized carbons (Fsp3) is 0.158. The van der Waals surface area contributed by atoms with E-state index in [1.165, 1.54) is 31.4 Å². The highest BCUT2D eigenvalue weighted by molar-refractivity contribution is 7.92. The highest BCUT2D eigenvalue weighted by atomic mass is 32.2. The Kier molecular flexibility index (Phi) is 5.00. The van der Waals surface area contributed by atoms with Crippen LogP contribution in [-0.2, 0) is 10.0 Å². The van der Waals surface area contributed by atoms with Crippen LogP contribution in [0.25, 0.3) is 10.8 Å². The first-order chi connectivity index (χ1) is 12.9. The van der Waals surface area contributed by atoms with Gasteiger partial charge in [-0.1, -0.05) is 30.3 Å². The Morgan fingerprint density at radius 3 is 2.37 bits per heavy atom. The third kappa shape index (κ3) is 3.43. The molecule has 0 amide bonds. The Morgan fingerprint density at radius 1 is 1.04 bits per heavy atom. The molecule has 140 valence electrons. The maximum Gasteiger partial charge on any atom is 0.271 e. The number of hydrogen-bond acceptors (Lipinski definition) is 5. The van der Waals surface area contributed by atoms with Gasteiger partial charge in [0.15, 0.2) is 0 Å². The summed E-state index contributed by atoms with van der Waals surface area (Å²) in [6, 6.07) is 16.2. The van der Waals surface area contributed by atoms with Crippen LogP contribution in [0.5, 0.6) is 5.75 Å². The van der Waals surface area contributed by atoms with Crippen molar-refractivity contribution >= 4 is 32.2 Å². The van der Waals surface area contributed by atoms with Gasteiger partial charge in [0.1, 0.15) is 11.4 Å². The molecule has 3 rings (SSSR count). The quantitative estimate of drug-likeness (QED) is 0.472. The smallest absolute Gasteiger partial charge is 0.271 e. The zero-order valence-electron chi connectivity index (χ0n) is 14.8. The number of nitro benzene ring substituents is 1. The molecule has 0 bridgehead atoms. The molecule has 8 heteroatoms. The van der Waals surface area contributed by atoms with Gasteiger partial charge in [-0.2, -0.15) is 0 Å². The van der Waals surface area contributed by atoms with E-state index in [1.807, 2.05) is 24.3 Å². The molecule has 0 aliphatic heterocycles. The first kappa shape index (κ1) is 18.7. The van der Waals surface area contributed by atoms with E-state index >= 15 is 0 Å². The molecule has 0 saturated carbocycles. The summed E-state index contributed by atoms with van der Waals surface area (Å²) >= 11 is 0. The van der Waals surface area contributed by atoms with Crippen LogP contribution in [0.4, 0.5) is 11.4 Å². The molecule has 0 saturated heterocycles. The van der Waals surface area contributed by atoms with Gasteiger partial charge >= 0.3 is 0 Å². The lowest BCUT2D eigenvalue weighted by Crippen LogP contribution is -2.31. The molecule has 0 radical (unpaired) electrons. The maximum absolute atomic E-state index is 13.3. The lowest BCUT2D eigenvalue weighted by molar-refractivity contribution is -0.384. The van der Waals surface area contributed by atoms with Crippen LogP contribution in [0.2, 0.25) is 0 Å². The van der Waals surface area contributed by atoms with Crippen LogP contribution in [0.15, 0.2) is 65.6 Å². The Hall–Kier alpha value is -3.13. The minimum atomic E-state index is -3.94. The van der Waals surface area contributed by atoms with E-state index < -0.39 is 14.9 Å². The van der Waals surface area contributed by atoms with E-state index in [4.69, 9.17) is 4.74 Å². The summed E-state index contributed by atoms with van der Waals surface area (Å²) in [5.74, 6) is 0.242. The SMILES string of the molecule is CCN(c1cc([N+](=O)[O-])ccc1OC)S(=O)(=O)c1ccc2ccccc2c1. The average molecular weight is 386 g/mol. The van der Waals surface area contributed by atoms with Gasteiger partial charge in [-0.05, 0) is 35.9 Å². The number of anilines is 1. The molecule has 0 aliphatic rings. The van der Waals surface area contributed by atoms with E-state index in [9.17, 15) is 18.5 Å². The number of hydrogen-bond donors (Lipinski definition) is 0. The van der Waals surface area contributed by atoms with Crippen molar-refractivity contribution in [1.82, 2.24) is 0 Å². The number of benzene rings is 3. The minimum absolute atomic E-state index is 0.0900. The van der Waals surface area contributed by atoms with E-state index in [1.54, 1.807) is 19.1 Å². The van der Waals surface area contributed by atoms with Crippen molar-refractivity contribution in [3.63, 3.8) is 0 Å². The molecule has 0 N–H and O–H groups in total. The van der Waals surface area contributed by atoms with Gasteiger partial charge in [0, 0.05) is 18.7 Å². The highest BCUT2D eigenvalue weighted by Gasteiger charge is 2.28. The van der Waals surface area contributed by atoms with Crippen molar-refractivity contribution in [2.45, 2.75) is 11.8 Å². The van der Waals surface area contributed by atoms with E-state index in [2.05, 4.69) is 0 Å². The molecular formula is C19H18N2O5S. The first-order valence-corrected chi connectivity index (χ1v) is 9.66. The molecule has 0 fully saturated rings. The number of non-ortho nitro benzene ring substituents is 1. The van der Waals surface area contributed by atoms with Gasteiger partial charge in [0.05, 0.1) is 16.9 Å². The number of fused-ring (bicyclic) bond motifs is 1. The lowest BCUT2D eigenvalue weighted by atomic mass is 10.1. The summed E-state index contributed by atoms with van der Waals surface area (Å²) in [4.78, 5) is 10.7. The van der Waals surface area contributed by atoms with Crippen molar-refractivity contribution < 1.29 is 18.1 Å².